The van der Waals surface area contributed by atoms with Crippen LogP contribution in [-0.2, 0) is 4.79 Å². The molecule has 1 atom stereocenters. The second-order valence-corrected chi connectivity index (χ2v) is 6.42. The second kappa shape index (κ2) is 7.31. The molecule has 0 saturated heterocycles. The van der Waals surface area contributed by atoms with Crippen molar-refractivity contribution in [2.24, 2.45) is 5.73 Å². The number of amides is 2. The first-order valence-corrected chi connectivity index (χ1v) is 8.48. The van der Waals surface area contributed by atoms with Gasteiger partial charge in [-0.3, -0.25) is 9.59 Å². The van der Waals surface area contributed by atoms with E-state index in [0.717, 1.165) is 0 Å². The monoisotopic (exact) mass is 356 g/mol. The number of nitrogens with two attached hydrogens (primary N) is 1. The number of carbonyl (C=O) groups is 2. The number of rotatable bonds is 6. The Morgan fingerprint density at radius 2 is 2.00 bits per heavy atom. The van der Waals surface area contributed by atoms with Crippen LogP contribution in [0.1, 0.15) is 23.7 Å². The summed E-state index contributed by atoms with van der Waals surface area (Å²) >= 11 is 1.35. The van der Waals surface area contributed by atoms with E-state index >= 15 is 0 Å². The lowest BCUT2D eigenvalue weighted by atomic mass is 10.2. The lowest BCUT2D eigenvalue weighted by Crippen LogP contribution is -2.24. The second-order valence-electron chi connectivity index (χ2n) is 5.23. The number of imidazole rings is 1. The number of anilines is 1. The zero-order valence-corrected chi connectivity index (χ0v) is 14.2. The molecule has 0 radical (unpaired) electrons. The number of H-pyrrole nitrogens is 1. The van der Waals surface area contributed by atoms with Crippen molar-refractivity contribution in [3.63, 3.8) is 0 Å². The first kappa shape index (κ1) is 16.9. The molecule has 4 N–H and O–H groups in total. The molecule has 8 nitrogen and oxygen atoms in total. The molecule has 9 heteroatoms. The summed E-state index contributed by atoms with van der Waals surface area (Å²) in [6.45, 7) is 1.93. The summed E-state index contributed by atoms with van der Waals surface area (Å²) in [4.78, 5) is 39.0. The van der Waals surface area contributed by atoms with Gasteiger partial charge in [-0.1, -0.05) is 18.7 Å². The number of thioether (sulfide) groups is 1. The van der Waals surface area contributed by atoms with E-state index in [1.54, 1.807) is 30.6 Å². The molecule has 25 heavy (non-hydrogen) atoms. The van der Waals surface area contributed by atoms with Gasteiger partial charge in [-0.25, -0.2) is 15.0 Å². The highest BCUT2D eigenvalue weighted by molar-refractivity contribution is 8.00. The number of carbonyl (C=O) groups excluding carboxylic acids is 2. The van der Waals surface area contributed by atoms with Crippen molar-refractivity contribution in [3.05, 3.63) is 42.5 Å². The summed E-state index contributed by atoms with van der Waals surface area (Å²) in [5.41, 5.74) is 7.48. The van der Waals surface area contributed by atoms with E-state index in [9.17, 15) is 9.59 Å². The van der Waals surface area contributed by atoms with Crippen LogP contribution in [0.5, 0.6) is 0 Å². The van der Waals surface area contributed by atoms with Crippen molar-refractivity contribution in [2.75, 3.05) is 5.32 Å². The molecule has 0 saturated carbocycles. The number of hydrogen-bond acceptors (Lipinski definition) is 6. The maximum absolute atomic E-state index is 12.5. The van der Waals surface area contributed by atoms with Gasteiger partial charge in [-0.05, 0) is 30.7 Å². The number of aromatic amines is 1. The average Bonchev–Trinajstić information content (AvgIpc) is 3.09. The van der Waals surface area contributed by atoms with Crippen LogP contribution in [0.15, 0.2) is 41.9 Å². The standard InChI is InChI=1S/C16H16N6O2S/c1-2-11(25-16-12-14(19-7-18-12)20-8-21-16)15(24)22-10-5-3-9(4-6-10)13(17)23/h3-8,11H,2H2,1H3,(H2,17,23)(H,22,24)(H,18,19,20,21)/t11-/m0/s1. The molecule has 0 fully saturated rings. The molecule has 3 rings (SSSR count). The molecule has 0 unspecified atom stereocenters. The SMILES string of the molecule is CC[C@H](Sc1ncnc2nc[nH]c12)C(=O)Nc1ccc(C(N)=O)cc1. The number of fused-ring (bicyclic) bond motifs is 1. The van der Waals surface area contributed by atoms with Gasteiger partial charge in [0.05, 0.1) is 11.6 Å². The molecular weight excluding hydrogens is 340 g/mol. The Labute approximate surface area is 147 Å². The Kier molecular flexibility index (Phi) is 4.94. The van der Waals surface area contributed by atoms with Gasteiger partial charge in [0, 0.05) is 11.3 Å². The lowest BCUT2D eigenvalue weighted by Gasteiger charge is -2.14. The summed E-state index contributed by atoms with van der Waals surface area (Å²) in [5.74, 6) is -0.655. The van der Waals surface area contributed by atoms with Gasteiger partial charge in [-0.2, -0.15) is 0 Å². The summed E-state index contributed by atoms with van der Waals surface area (Å²) < 4.78 is 0. The third kappa shape index (κ3) is 3.77. The molecule has 0 bridgehead atoms. The van der Waals surface area contributed by atoms with Crippen molar-refractivity contribution in [1.82, 2.24) is 19.9 Å². The van der Waals surface area contributed by atoms with Crippen LogP contribution in [-0.4, -0.2) is 37.0 Å². The number of hydrogen-bond donors (Lipinski definition) is 3. The third-order valence-corrected chi connectivity index (χ3v) is 4.91. The molecule has 1 aromatic carbocycles. The average molecular weight is 356 g/mol. The Hall–Kier alpha value is -2.94. The van der Waals surface area contributed by atoms with E-state index in [4.69, 9.17) is 5.73 Å². The molecule has 3 aromatic rings. The zero-order chi connectivity index (χ0) is 17.8. The first-order valence-electron chi connectivity index (χ1n) is 7.60. The van der Waals surface area contributed by atoms with Gasteiger partial charge in [0.1, 0.15) is 16.9 Å². The molecular formula is C16H16N6O2S. The van der Waals surface area contributed by atoms with E-state index < -0.39 is 5.91 Å². The van der Waals surface area contributed by atoms with Crippen molar-refractivity contribution in [1.29, 1.82) is 0 Å². The lowest BCUT2D eigenvalue weighted by molar-refractivity contribution is -0.115. The van der Waals surface area contributed by atoms with Gasteiger partial charge in [0.15, 0.2) is 5.65 Å². The maximum Gasteiger partial charge on any atom is 0.248 e. The molecule has 0 aliphatic rings. The van der Waals surface area contributed by atoms with Crippen molar-refractivity contribution in [3.8, 4) is 0 Å². The van der Waals surface area contributed by atoms with Crippen LogP contribution in [0.25, 0.3) is 11.2 Å². The van der Waals surface area contributed by atoms with E-state index in [1.165, 1.54) is 18.1 Å². The third-order valence-electron chi connectivity index (χ3n) is 3.54. The largest absolute Gasteiger partial charge is 0.366 e. The maximum atomic E-state index is 12.5. The fraction of sp³-hybridized carbons (Fsp3) is 0.188. The minimum atomic E-state index is -0.507. The fourth-order valence-corrected chi connectivity index (χ4v) is 3.21. The fourth-order valence-electron chi connectivity index (χ4n) is 2.23. The smallest absolute Gasteiger partial charge is 0.248 e. The number of aromatic nitrogens is 4. The molecule has 2 aromatic heterocycles. The summed E-state index contributed by atoms with van der Waals surface area (Å²) in [6.07, 6.45) is 3.60. The topological polar surface area (TPSA) is 127 Å². The van der Waals surface area contributed by atoms with E-state index in [0.29, 0.717) is 33.9 Å². The number of nitrogens with one attached hydrogen (secondary N) is 2. The number of benzene rings is 1. The Morgan fingerprint density at radius 3 is 2.68 bits per heavy atom. The minimum absolute atomic E-state index is 0.148. The number of primary amides is 1. The van der Waals surface area contributed by atoms with Crippen molar-refractivity contribution < 1.29 is 9.59 Å². The summed E-state index contributed by atoms with van der Waals surface area (Å²) in [7, 11) is 0. The molecule has 128 valence electrons. The normalized spacial score (nSPS) is 12.0. The predicted octanol–water partition coefficient (Wildman–Crippen LogP) is 1.96. The Bertz CT molecular complexity index is 908. The van der Waals surface area contributed by atoms with E-state index in [1.807, 2.05) is 6.92 Å². The quantitative estimate of drug-likeness (QED) is 0.458. The first-order chi connectivity index (χ1) is 12.1. The molecule has 0 aliphatic heterocycles. The summed E-state index contributed by atoms with van der Waals surface area (Å²) in [5, 5.41) is 3.18. The van der Waals surface area contributed by atoms with Gasteiger partial charge in [0.2, 0.25) is 11.8 Å². The van der Waals surface area contributed by atoms with Crippen LogP contribution in [0.3, 0.4) is 0 Å². The zero-order valence-electron chi connectivity index (χ0n) is 13.4. The van der Waals surface area contributed by atoms with Crippen LogP contribution in [0.2, 0.25) is 0 Å². The van der Waals surface area contributed by atoms with Crippen LogP contribution in [0, 0.1) is 0 Å². The Morgan fingerprint density at radius 1 is 1.24 bits per heavy atom. The molecule has 2 heterocycles. The highest BCUT2D eigenvalue weighted by Gasteiger charge is 2.21. The molecule has 0 spiro atoms. The highest BCUT2D eigenvalue weighted by Crippen LogP contribution is 2.28. The number of nitrogens with zero attached hydrogens (tertiary/aromatic N) is 3. The van der Waals surface area contributed by atoms with E-state index in [-0.39, 0.29) is 11.2 Å². The van der Waals surface area contributed by atoms with Gasteiger partial charge < -0.3 is 16.0 Å². The van der Waals surface area contributed by atoms with Crippen LogP contribution in [0.4, 0.5) is 5.69 Å². The van der Waals surface area contributed by atoms with Crippen molar-refractivity contribution >= 4 is 40.4 Å². The molecule has 2 amide bonds. The van der Waals surface area contributed by atoms with E-state index in [2.05, 4.69) is 25.3 Å². The van der Waals surface area contributed by atoms with Gasteiger partial charge in [-0.15, -0.1) is 0 Å². The Balaban J connectivity index is 1.73. The van der Waals surface area contributed by atoms with Gasteiger partial charge >= 0.3 is 0 Å². The molecule has 0 aliphatic carbocycles. The predicted molar refractivity (Wildman–Crippen MR) is 95.2 cm³/mol. The van der Waals surface area contributed by atoms with Crippen molar-refractivity contribution in [2.45, 2.75) is 23.6 Å². The van der Waals surface area contributed by atoms with Crippen LogP contribution >= 0.6 is 11.8 Å². The van der Waals surface area contributed by atoms with Gasteiger partial charge in [0.25, 0.3) is 0 Å². The van der Waals surface area contributed by atoms with Crippen LogP contribution < -0.4 is 11.1 Å². The summed E-state index contributed by atoms with van der Waals surface area (Å²) in [6, 6.07) is 6.44. The minimum Gasteiger partial charge on any atom is -0.366 e. The highest BCUT2D eigenvalue weighted by atomic mass is 32.2.